The molecule has 0 spiro atoms. The molecule has 0 fully saturated rings. The van der Waals surface area contributed by atoms with Crippen LogP contribution in [0.3, 0.4) is 0 Å². The van der Waals surface area contributed by atoms with Crippen molar-refractivity contribution in [1.29, 1.82) is 0 Å². The first-order chi connectivity index (χ1) is 5.59. The van der Waals surface area contributed by atoms with E-state index in [1.54, 1.807) is 0 Å². The van der Waals surface area contributed by atoms with E-state index in [-0.39, 0.29) is 12.1 Å². The van der Waals surface area contributed by atoms with Crippen LogP contribution in [0.5, 0.6) is 0 Å². The van der Waals surface area contributed by atoms with Crippen molar-refractivity contribution in [2.24, 2.45) is 0 Å². The van der Waals surface area contributed by atoms with E-state index < -0.39 is 11.6 Å². The molecule has 0 N–H and O–H groups in total. The van der Waals surface area contributed by atoms with E-state index in [9.17, 15) is 8.78 Å². The molecule has 0 heterocycles. The number of benzene rings is 1. The zero-order valence-electron chi connectivity index (χ0n) is 5.90. The van der Waals surface area contributed by atoms with Crippen molar-refractivity contribution in [2.75, 3.05) is 0 Å². The predicted molar refractivity (Wildman–Crippen MR) is 43.6 cm³/mol. The Bertz CT molecular complexity index is 278. The van der Waals surface area contributed by atoms with Gasteiger partial charge >= 0.3 is 0 Å². The van der Waals surface area contributed by atoms with Gasteiger partial charge in [0.1, 0.15) is 11.6 Å². The summed E-state index contributed by atoms with van der Waals surface area (Å²) in [5.74, 6) is -1.04. The van der Waals surface area contributed by atoms with Gasteiger partial charge in [-0.15, -0.1) is 3.94 Å². The van der Waals surface area contributed by atoms with Gasteiger partial charge in [0.15, 0.2) is 0 Å². The Balaban J connectivity index is 2.90. The van der Waals surface area contributed by atoms with Crippen LogP contribution in [-0.4, -0.2) is 3.94 Å². The normalized spacial score (nSPS) is 10.8. The third-order valence-electron chi connectivity index (χ3n) is 1.30. The van der Waals surface area contributed by atoms with Gasteiger partial charge in [-0.3, -0.25) is 0 Å². The van der Waals surface area contributed by atoms with Crippen molar-refractivity contribution in [2.45, 2.75) is 6.54 Å². The molecule has 0 saturated heterocycles. The van der Waals surface area contributed by atoms with Crippen molar-refractivity contribution < 1.29 is 8.78 Å². The van der Waals surface area contributed by atoms with Gasteiger partial charge in [-0.1, -0.05) is 0 Å². The van der Waals surface area contributed by atoms with Crippen LogP contribution in [0.25, 0.3) is 0 Å². The zero-order valence-corrected chi connectivity index (χ0v) is 7.41. The maximum absolute atomic E-state index is 12.8. The fourth-order valence-electron chi connectivity index (χ4n) is 0.793. The Labute approximate surface area is 78.7 Å². The summed E-state index contributed by atoms with van der Waals surface area (Å²) in [4.78, 5) is 0. The third-order valence-corrected chi connectivity index (χ3v) is 1.54. The Morgan fingerprint density at radius 1 is 1.25 bits per heavy atom. The van der Waals surface area contributed by atoms with E-state index in [1.807, 2.05) is 0 Å². The minimum absolute atomic E-state index is 0.0489. The lowest BCUT2D eigenvalue weighted by atomic mass is 10.2. The minimum Gasteiger partial charge on any atom is -0.207 e. The highest BCUT2D eigenvalue weighted by atomic mass is 35.5. The first-order valence-corrected chi connectivity index (χ1v) is 3.80. The molecule has 1 aromatic carbocycles. The number of halogens is 4. The van der Waals surface area contributed by atoms with Crippen LogP contribution in [0.15, 0.2) is 18.2 Å². The van der Waals surface area contributed by atoms with Gasteiger partial charge in [0.25, 0.3) is 0 Å². The van der Waals surface area contributed by atoms with Crippen LogP contribution < -0.4 is 0 Å². The molecule has 12 heavy (non-hydrogen) atoms. The second-order valence-corrected chi connectivity index (χ2v) is 3.19. The molecule has 0 aromatic heterocycles. The summed E-state index contributed by atoms with van der Waals surface area (Å²) in [7, 11) is 0. The fraction of sp³-hybridized carbons (Fsp3) is 0.143. The summed E-state index contributed by atoms with van der Waals surface area (Å²) in [5, 5.41) is 0. The second-order valence-electron chi connectivity index (χ2n) is 2.20. The smallest absolute Gasteiger partial charge is 0.128 e. The number of hydrogen-bond acceptors (Lipinski definition) is 1. The highest BCUT2D eigenvalue weighted by Crippen LogP contribution is 2.14. The Morgan fingerprint density at radius 2 is 1.92 bits per heavy atom. The predicted octanol–water partition coefficient (Wildman–Crippen LogP) is 3.07. The molecule has 1 nitrogen and oxygen atoms in total. The molecule has 0 atom stereocenters. The van der Waals surface area contributed by atoms with Crippen LogP contribution in [0, 0.1) is 11.6 Å². The number of rotatable bonds is 2. The van der Waals surface area contributed by atoms with Crippen molar-refractivity contribution in [3.8, 4) is 0 Å². The summed E-state index contributed by atoms with van der Waals surface area (Å²) < 4.78 is 26.1. The molecular formula is C7H5Cl2F2N. The second kappa shape index (κ2) is 4.03. The number of hydrogen-bond donors (Lipinski definition) is 0. The van der Waals surface area contributed by atoms with Gasteiger partial charge in [0.2, 0.25) is 0 Å². The highest BCUT2D eigenvalue weighted by molar-refractivity contribution is 6.33. The zero-order chi connectivity index (χ0) is 9.14. The van der Waals surface area contributed by atoms with E-state index in [4.69, 9.17) is 23.6 Å². The van der Waals surface area contributed by atoms with Crippen molar-refractivity contribution in [1.82, 2.24) is 3.94 Å². The Kier molecular flexibility index (Phi) is 3.26. The summed E-state index contributed by atoms with van der Waals surface area (Å²) in [6, 6.07) is 3.11. The van der Waals surface area contributed by atoms with E-state index in [1.165, 1.54) is 0 Å². The van der Waals surface area contributed by atoms with Gasteiger partial charge in [0.05, 0.1) is 6.54 Å². The van der Waals surface area contributed by atoms with Crippen molar-refractivity contribution in [3.05, 3.63) is 35.4 Å². The molecule has 0 amide bonds. The molecular weight excluding hydrogens is 207 g/mol. The maximum atomic E-state index is 12.8. The summed E-state index contributed by atoms with van der Waals surface area (Å²) >= 11 is 10.5. The quantitative estimate of drug-likeness (QED) is 0.681. The summed E-state index contributed by atoms with van der Waals surface area (Å²) in [6.45, 7) is -0.0489. The van der Waals surface area contributed by atoms with Gasteiger partial charge in [0, 0.05) is 5.56 Å². The van der Waals surface area contributed by atoms with Crippen LogP contribution >= 0.6 is 23.6 Å². The third kappa shape index (κ3) is 2.59. The first-order valence-electron chi connectivity index (χ1n) is 3.12. The van der Waals surface area contributed by atoms with E-state index in [0.29, 0.717) is 0 Å². The molecule has 1 rings (SSSR count). The monoisotopic (exact) mass is 211 g/mol. The molecule has 5 heteroatoms. The van der Waals surface area contributed by atoms with Crippen molar-refractivity contribution in [3.63, 3.8) is 0 Å². The molecule has 0 unspecified atom stereocenters. The lowest BCUT2D eigenvalue weighted by Crippen LogP contribution is -2.00. The lowest BCUT2D eigenvalue weighted by molar-refractivity contribution is 0.564. The SMILES string of the molecule is Fc1ccc(F)c(CN(Cl)Cl)c1. The highest BCUT2D eigenvalue weighted by Gasteiger charge is 2.06. The summed E-state index contributed by atoms with van der Waals surface area (Å²) in [5.41, 5.74) is 0.125. The van der Waals surface area contributed by atoms with Crippen LogP contribution in [0.1, 0.15) is 5.56 Å². The standard InChI is InChI=1S/C7H5Cl2F2N/c8-12(9)4-5-3-6(10)1-2-7(5)11/h1-3H,4H2. The molecule has 1 aromatic rings. The topological polar surface area (TPSA) is 3.24 Å². The van der Waals surface area contributed by atoms with Gasteiger partial charge < -0.3 is 0 Å². The van der Waals surface area contributed by atoms with Crippen LogP contribution in [0.4, 0.5) is 8.78 Å². The molecule has 0 aliphatic heterocycles. The van der Waals surface area contributed by atoms with E-state index >= 15 is 0 Å². The molecule has 66 valence electrons. The van der Waals surface area contributed by atoms with Crippen LogP contribution in [-0.2, 0) is 6.54 Å². The van der Waals surface area contributed by atoms with Gasteiger partial charge in [-0.25, -0.2) is 8.78 Å². The molecule has 0 radical (unpaired) electrons. The van der Waals surface area contributed by atoms with E-state index in [0.717, 1.165) is 22.1 Å². The summed E-state index contributed by atoms with van der Waals surface area (Å²) in [6.07, 6.45) is 0. The van der Waals surface area contributed by atoms with Crippen LogP contribution in [0.2, 0.25) is 0 Å². The molecule has 0 aliphatic rings. The molecule has 0 aliphatic carbocycles. The largest absolute Gasteiger partial charge is 0.207 e. The average Bonchev–Trinajstić information content (AvgIpc) is 1.96. The number of nitrogens with zero attached hydrogens (tertiary/aromatic N) is 1. The Hall–Kier alpha value is -0.380. The van der Waals surface area contributed by atoms with E-state index in [2.05, 4.69) is 0 Å². The van der Waals surface area contributed by atoms with Gasteiger partial charge in [-0.05, 0) is 41.8 Å². The minimum atomic E-state index is -0.525. The first kappa shape index (κ1) is 9.71. The maximum Gasteiger partial charge on any atom is 0.128 e. The van der Waals surface area contributed by atoms with Crippen molar-refractivity contribution >= 4 is 23.6 Å². The molecule has 0 bridgehead atoms. The fourth-order valence-corrected chi connectivity index (χ4v) is 1.05. The van der Waals surface area contributed by atoms with Gasteiger partial charge in [-0.2, -0.15) is 0 Å². The molecule has 0 saturated carbocycles. The lowest BCUT2D eigenvalue weighted by Gasteiger charge is -2.04. The average molecular weight is 212 g/mol. The Morgan fingerprint density at radius 3 is 2.50 bits per heavy atom.